The van der Waals surface area contributed by atoms with Gasteiger partial charge in [0.1, 0.15) is 0 Å². The van der Waals surface area contributed by atoms with E-state index in [1.54, 1.807) is 0 Å². The Hall–Kier alpha value is -0.700. The van der Waals surface area contributed by atoms with E-state index in [2.05, 4.69) is 13.8 Å². The maximum atomic E-state index is 12.5. The van der Waals surface area contributed by atoms with Crippen LogP contribution in [-0.4, -0.2) is 23.3 Å². The van der Waals surface area contributed by atoms with Gasteiger partial charge in [-0.3, -0.25) is 9.59 Å². The molecule has 0 aromatic carbocycles. The van der Waals surface area contributed by atoms with Crippen molar-refractivity contribution in [3.05, 3.63) is 0 Å². The maximum Gasteiger partial charge on any atom is 0.204 e. The monoisotopic (exact) mass is 316 g/mol. The summed E-state index contributed by atoms with van der Waals surface area (Å²) < 4.78 is 6.24. The summed E-state index contributed by atoms with van der Waals surface area (Å²) in [5, 5.41) is 0. The standard InChI is InChI=1S/C20H28O3/c1-17(2)13-7-8-20-9-11(19(4)16(20)23-19)5-6-14(20)18(13,3)10-12(21)15(17)22/h11,13-14,16H,5-10H2,1-4H3/t11-,13-,14-,16?,18-,19-,20+/m1/s1. The highest BCUT2D eigenvalue weighted by Gasteiger charge is 2.79. The number of ketones is 2. The first kappa shape index (κ1) is 14.6. The van der Waals surface area contributed by atoms with Crippen LogP contribution in [0.3, 0.4) is 0 Å². The molecule has 4 saturated carbocycles. The van der Waals surface area contributed by atoms with Crippen LogP contribution in [0.1, 0.15) is 66.2 Å². The van der Waals surface area contributed by atoms with Crippen LogP contribution >= 0.6 is 0 Å². The average Bonchev–Trinajstić information content (AvgIpc) is 3.14. The topological polar surface area (TPSA) is 46.7 Å². The van der Waals surface area contributed by atoms with Crippen LogP contribution in [0.25, 0.3) is 0 Å². The van der Waals surface area contributed by atoms with Gasteiger partial charge in [-0.2, -0.15) is 0 Å². The second-order valence-electron chi connectivity index (χ2n) is 10.2. The fourth-order valence-corrected chi connectivity index (χ4v) is 8.11. The van der Waals surface area contributed by atoms with E-state index in [4.69, 9.17) is 4.74 Å². The van der Waals surface area contributed by atoms with Crippen LogP contribution in [0.5, 0.6) is 0 Å². The molecule has 1 spiro atoms. The highest BCUT2D eigenvalue weighted by atomic mass is 16.6. The number of epoxide rings is 1. The summed E-state index contributed by atoms with van der Waals surface area (Å²) in [7, 11) is 0. The third-order valence-electron chi connectivity index (χ3n) is 9.03. The van der Waals surface area contributed by atoms with Crippen LogP contribution in [0, 0.1) is 34.0 Å². The van der Waals surface area contributed by atoms with Crippen LogP contribution in [-0.2, 0) is 14.3 Å². The summed E-state index contributed by atoms with van der Waals surface area (Å²) in [6.45, 7) is 8.68. The van der Waals surface area contributed by atoms with Gasteiger partial charge in [0, 0.05) is 17.3 Å². The van der Waals surface area contributed by atoms with E-state index in [1.807, 2.05) is 13.8 Å². The quantitative estimate of drug-likeness (QED) is 0.507. The number of fused-ring (bicyclic) bond motifs is 5. The third-order valence-corrected chi connectivity index (χ3v) is 9.03. The molecular weight excluding hydrogens is 288 g/mol. The number of hydrogen-bond donors (Lipinski definition) is 0. The van der Waals surface area contributed by atoms with E-state index >= 15 is 0 Å². The molecule has 0 radical (unpaired) electrons. The first-order valence-electron chi connectivity index (χ1n) is 9.42. The fraction of sp³-hybridized carbons (Fsp3) is 0.900. The molecule has 5 aliphatic rings. The van der Waals surface area contributed by atoms with E-state index < -0.39 is 5.41 Å². The molecule has 4 aliphatic carbocycles. The van der Waals surface area contributed by atoms with Gasteiger partial charge >= 0.3 is 0 Å². The summed E-state index contributed by atoms with van der Waals surface area (Å²) in [4.78, 5) is 25.0. The lowest BCUT2D eigenvalue weighted by Crippen LogP contribution is -2.61. The normalized spacial score (nSPS) is 59.1. The molecule has 0 N–H and O–H groups in total. The molecule has 0 aromatic rings. The lowest BCUT2D eigenvalue weighted by atomic mass is 9.40. The van der Waals surface area contributed by atoms with Gasteiger partial charge in [0.2, 0.25) is 5.78 Å². The van der Waals surface area contributed by atoms with Gasteiger partial charge in [-0.15, -0.1) is 0 Å². The van der Waals surface area contributed by atoms with Crippen molar-refractivity contribution in [1.82, 2.24) is 0 Å². The molecular formula is C20H28O3. The zero-order chi connectivity index (χ0) is 16.4. The van der Waals surface area contributed by atoms with Crippen molar-refractivity contribution in [2.45, 2.75) is 77.9 Å². The number of Topliss-reactive ketones (excluding diaryl/α,β-unsaturated/α-hetero) is 2. The highest BCUT2D eigenvalue weighted by Crippen LogP contribution is 2.77. The van der Waals surface area contributed by atoms with E-state index in [0.717, 1.165) is 12.3 Å². The number of rotatable bonds is 0. The number of carbonyl (C=O) groups is 2. The Morgan fingerprint density at radius 3 is 2.48 bits per heavy atom. The third kappa shape index (κ3) is 1.40. The average molecular weight is 316 g/mol. The van der Waals surface area contributed by atoms with Crippen LogP contribution in [0.15, 0.2) is 0 Å². The second-order valence-corrected chi connectivity index (χ2v) is 10.2. The zero-order valence-electron chi connectivity index (χ0n) is 14.8. The molecule has 1 aliphatic heterocycles. The van der Waals surface area contributed by atoms with Crippen molar-refractivity contribution in [3.8, 4) is 0 Å². The van der Waals surface area contributed by atoms with E-state index in [9.17, 15) is 9.59 Å². The Labute approximate surface area is 138 Å². The Morgan fingerprint density at radius 1 is 1.00 bits per heavy atom. The Morgan fingerprint density at radius 2 is 1.74 bits per heavy atom. The second kappa shape index (κ2) is 3.76. The molecule has 3 heteroatoms. The number of ether oxygens (including phenoxy) is 1. The summed E-state index contributed by atoms with van der Waals surface area (Å²) in [6, 6.07) is 0. The zero-order valence-corrected chi connectivity index (χ0v) is 14.8. The minimum absolute atomic E-state index is 0.0189. The Balaban J connectivity index is 1.61. The van der Waals surface area contributed by atoms with Crippen molar-refractivity contribution in [1.29, 1.82) is 0 Å². The molecule has 5 rings (SSSR count). The molecule has 23 heavy (non-hydrogen) atoms. The van der Waals surface area contributed by atoms with Crippen molar-refractivity contribution in [2.75, 3.05) is 0 Å². The largest absolute Gasteiger partial charge is 0.365 e. The Kier molecular flexibility index (Phi) is 2.39. The van der Waals surface area contributed by atoms with E-state index in [0.29, 0.717) is 29.8 Å². The van der Waals surface area contributed by atoms with Gasteiger partial charge in [-0.25, -0.2) is 0 Å². The summed E-state index contributed by atoms with van der Waals surface area (Å²) >= 11 is 0. The highest BCUT2D eigenvalue weighted by molar-refractivity contribution is 6.39. The fourth-order valence-electron chi connectivity index (χ4n) is 8.11. The van der Waals surface area contributed by atoms with Gasteiger partial charge in [0.25, 0.3) is 0 Å². The molecule has 7 atom stereocenters. The van der Waals surface area contributed by atoms with Crippen molar-refractivity contribution in [3.63, 3.8) is 0 Å². The molecule has 1 unspecified atom stereocenters. The first-order chi connectivity index (χ1) is 10.7. The smallest absolute Gasteiger partial charge is 0.204 e. The molecule has 3 nitrogen and oxygen atoms in total. The molecule has 1 heterocycles. The maximum absolute atomic E-state index is 12.5. The number of hydrogen-bond acceptors (Lipinski definition) is 3. The van der Waals surface area contributed by atoms with Crippen molar-refractivity contribution < 1.29 is 14.3 Å². The minimum Gasteiger partial charge on any atom is -0.365 e. The minimum atomic E-state index is -0.491. The molecule has 0 amide bonds. The summed E-state index contributed by atoms with van der Waals surface area (Å²) in [5.74, 6) is 1.38. The van der Waals surface area contributed by atoms with Crippen molar-refractivity contribution >= 4 is 11.6 Å². The van der Waals surface area contributed by atoms with Crippen LogP contribution in [0.2, 0.25) is 0 Å². The SMILES string of the molecule is CC1(C)C(=O)C(=O)C[C@]2(C)[C@@H]1CC[C@]13C[C@@H](CC[C@@H]12)[C@@]1(C)OC31. The molecule has 5 fully saturated rings. The molecule has 0 aromatic heterocycles. The summed E-state index contributed by atoms with van der Waals surface area (Å²) in [5.41, 5.74) is -0.0919. The van der Waals surface area contributed by atoms with Gasteiger partial charge in [0.15, 0.2) is 5.78 Å². The lowest BCUT2D eigenvalue weighted by molar-refractivity contribution is -0.178. The van der Waals surface area contributed by atoms with E-state index in [1.165, 1.54) is 25.7 Å². The predicted molar refractivity (Wildman–Crippen MR) is 85.8 cm³/mol. The Bertz CT molecular complexity index is 637. The first-order valence-corrected chi connectivity index (χ1v) is 9.42. The summed E-state index contributed by atoms with van der Waals surface area (Å²) in [6.07, 6.45) is 6.93. The van der Waals surface area contributed by atoms with Crippen LogP contribution < -0.4 is 0 Å². The van der Waals surface area contributed by atoms with Gasteiger partial charge in [-0.05, 0) is 62.2 Å². The lowest BCUT2D eigenvalue weighted by Gasteiger charge is -2.63. The van der Waals surface area contributed by atoms with Gasteiger partial charge < -0.3 is 4.74 Å². The van der Waals surface area contributed by atoms with Gasteiger partial charge in [0.05, 0.1) is 11.7 Å². The number of carbonyl (C=O) groups excluding carboxylic acids is 2. The molecule has 126 valence electrons. The van der Waals surface area contributed by atoms with E-state index in [-0.39, 0.29) is 22.6 Å². The van der Waals surface area contributed by atoms with Gasteiger partial charge in [-0.1, -0.05) is 20.8 Å². The van der Waals surface area contributed by atoms with Crippen molar-refractivity contribution in [2.24, 2.45) is 34.0 Å². The molecule has 2 bridgehead atoms. The molecule has 1 saturated heterocycles. The van der Waals surface area contributed by atoms with Crippen LogP contribution in [0.4, 0.5) is 0 Å². The predicted octanol–water partition coefficient (Wildman–Crippen LogP) is 3.54.